The molecule has 4 heterocycles. The highest BCUT2D eigenvalue weighted by Crippen LogP contribution is 2.46. The number of oxazole rings is 1. The molecule has 1 saturated carbocycles. The second-order valence-electron chi connectivity index (χ2n) is 10.0. The molecule has 3 aliphatic rings. The molecule has 2 unspecified atom stereocenters. The molecule has 0 radical (unpaired) electrons. The number of carboxylic acids is 1. The van der Waals surface area contributed by atoms with E-state index in [4.69, 9.17) is 9.40 Å². The average molecular weight is 483 g/mol. The quantitative estimate of drug-likeness (QED) is 0.446. The summed E-state index contributed by atoms with van der Waals surface area (Å²) in [5, 5.41) is 9.63. The number of nitrogens with zero attached hydrogens (tertiary/aromatic N) is 4. The van der Waals surface area contributed by atoms with Crippen LogP contribution in [0.4, 0.5) is 11.7 Å². The number of anilines is 2. The summed E-state index contributed by atoms with van der Waals surface area (Å²) < 4.78 is 7.90. The third-order valence-corrected chi connectivity index (χ3v) is 7.83. The van der Waals surface area contributed by atoms with Crippen LogP contribution in [0.2, 0.25) is 0 Å². The highest BCUT2D eigenvalue weighted by atomic mass is 16.4. The zero-order valence-electron chi connectivity index (χ0n) is 19.8. The number of rotatable bonds is 5. The molecule has 2 aliphatic heterocycles. The number of carbonyl (C=O) groups is 1. The van der Waals surface area contributed by atoms with Crippen molar-refractivity contribution in [2.45, 2.75) is 31.7 Å². The Bertz CT molecular complexity index is 1550. The summed E-state index contributed by atoms with van der Waals surface area (Å²) in [5.41, 5.74) is 3.92. The first-order valence-electron chi connectivity index (χ1n) is 12.6. The van der Waals surface area contributed by atoms with E-state index in [2.05, 4.69) is 21.9 Å². The normalized spacial score (nSPS) is 20.8. The molecule has 4 aromatic rings. The summed E-state index contributed by atoms with van der Waals surface area (Å²) in [4.78, 5) is 33.8. The minimum atomic E-state index is -1.25. The summed E-state index contributed by atoms with van der Waals surface area (Å²) in [6, 6.07) is 16.3. The number of carboxylic acid groups (broad SMARTS) is 1. The molecular weight excluding hydrogens is 456 g/mol. The van der Waals surface area contributed by atoms with Gasteiger partial charge in [0, 0.05) is 55.4 Å². The number of piperidine rings is 1. The van der Waals surface area contributed by atoms with E-state index in [1.54, 1.807) is 4.57 Å². The fraction of sp³-hybridized carbons (Fsp3) is 0.321. The number of pyridine rings is 1. The van der Waals surface area contributed by atoms with Crippen LogP contribution in [0.25, 0.3) is 28.0 Å². The fourth-order valence-electron chi connectivity index (χ4n) is 5.75. The average Bonchev–Trinajstić information content (AvgIpc) is 3.28. The molecule has 36 heavy (non-hydrogen) atoms. The maximum absolute atomic E-state index is 12.7. The largest absolute Gasteiger partial charge is 0.477 e. The molecule has 1 N–H and O–H groups in total. The molecule has 1 aliphatic carbocycles. The Morgan fingerprint density at radius 2 is 1.78 bits per heavy atom. The Balaban J connectivity index is 1.31. The number of aromatic nitrogens is 2. The highest BCUT2D eigenvalue weighted by Gasteiger charge is 2.48. The molecule has 7 rings (SSSR count). The van der Waals surface area contributed by atoms with E-state index in [-0.39, 0.29) is 5.56 Å². The second kappa shape index (κ2) is 7.98. The van der Waals surface area contributed by atoms with Crippen LogP contribution in [0.5, 0.6) is 0 Å². The monoisotopic (exact) mass is 482 g/mol. The molecule has 2 aromatic heterocycles. The van der Waals surface area contributed by atoms with Crippen molar-refractivity contribution in [3.63, 3.8) is 0 Å². The van der Waals surface area contributed by atoms with Crippen molar-refractivity contribution in [3.8, 4) is 16.9 Å². The predicted molar refractivity (Wildman–Crippen MR) is 137 cm³/mol. The molecule has 0 spiro atoms. The summed E-state index contributed by atoms with van der Waals surface area (Å²) in [5.74, 6) is -0.480. The topological polar surface area (TPSA) is 91.8 Å². The number of hydrogen-bond donors (Lipinski definition) is 1. The van der Waals surface area contributed by atoms with Gasteiger partial charge in [0.25, 0.3) is 6.01 Å². The maximum atomic E-state index is 12.7. The van der Waals surface area contributed by atoms with Gasteiger partial charge in [-0.2, -0.15) is 4.98 Å². The molecule has 2 atom stereocenters. The van der Waals surface area contributed by atoms with Crippen molar-refractivity contribution in [3.05, 3.63) is 70.5 Å². The highest BCUT2D eigenvalue weighted by molar-refractivity contribution is 5.88. The summed E-state index contributed by atoms with van der Waals surface area (Å²) in [6.45, 7) is 3.07. The molecule has 2 aromatic carbocycles. The zero-order chi connectivity index (χ0) is 24.4. The molecule has 8 heteroatoms. The third kappa shape index (κ3) is 3.47. The van der Waals surface area contributed by atoms with E-state index in [1.807, 2.05) is 30.3 Å². The third-order valence-electron chi connectivity index (χ3n) is 7.83. The first-order valence-corrected chi connectivity index (χ1v) is 12.6. The Kier molecular flexibility index (Phi) is 4.71. The number of hydrogen-bond acceptors (Lipinski definition) is 6. The van der Waals surface area contributed by atoms with Gasteiger partial charge >= 0.3 is 5.97 Å². The van der Waals surface area contributed by atoms with Gasteiger partial charge in [0.1, 0.15) is 11.1 Å². The van der Waals surface area contributed by atoms with E-state index in [0.29, 0.717) is 29.0 Å². The Morgan fingerprint density at radius 1 is 1.00 bits per heavy atom. The van der Waals surface area contributed by atoms with Gasteiger partial charge in [0.2, 0.25) is 0 Å². The number of aromatic carboxylic acids is 1. The van der Waals surface area contributed by atoms with Gasteiger partial charge in [-0.05, 0) is 61.4 Å². The van der Waals surface area contributed by atoms with E-state index in [1.165, 1.54) is 37.9 Å². The Morgan fingerprint density at radius 3 is 2.47 bits per heavy atom. The molecule has 8 nitrogen and oxygen atoms in total. The van der Waals surface area contributed by atoms with Crippen molar-refractivity contribution in [2.24, 2.45) is 5.92 Å². The van der Waals surface area contributed by atoms with Crippen molar-refractivity contribution in [2.75, 3.05) is 29.4 Å². The van der Waals surface area contributed by atoms with Crippen LogP contribution in [0.15, 0.2) is 63.9 Å². The van der Waals surface area contributed by atoms with Crippen LogP contribution in [0.3, 0.4) is 0 Å². The Labute approximate surface area is 207 Å². The molecule has 2 saturated heterocycles. The lowest BCUT2D eigenvalue weighted by Crippen LogP contribution is -2.22. The standard InChI is InChI=1S/C28H26N4O4/c33-25-15-24(17-3-5-19(6-4-17)30-10-1-2-11-30)32(16-21(25)27(34)35)20-7-8-22-26(14-20)36-28(29-22)31-12-9-18-13-23(18)31/h3-8,14-16,18,23H,1-2,9-13H2,(H,34,35). The lowest BCUT2D eigenvalue weighted by molar-refractivity contribution is 0.0695. The van der Waals surface area contributed by atoms with Crippen molar-refractivity contribution in [1.29, 1.82) is 0 Å². The molecule has 182 valence electrons. The summed E-state index contributed by atoms with van der Waals surface area (Å²) in [7, 11) is 0. The maximum Gasteiger partial charge on any atom is 0.341 e. The van der Waals surface area contributed by atoms with Gasteiger partial charge < -0.3 is 23.9 Å². The lowest BCUT2D eigenvalue weighted by Gasteiger charge is -2.19. The van der Waals surface area contributed by atoms with Crippen molar-refractivity contribution < 1.29 is 14.3 Å². The molecule has 0 amide bonds. The van der Waals surface area contributed by atoms with Crippen LogP contribution in [0, 0.1) is 5.92 Å². The minimum absolute atomic E-state index is 0.275. The lowest BCUT2D eigenvalue weighted by atomic mass is 10.1. The van der Waals surface area contributed by atoms with Gasteiger partial charge in [-0.25, -0.2) is 4.79 Å². The van der Waals surface area contributed by atoms with Gasteiger partial charge in [0.15, 0.2) is 11.0 Å². The summed E-state index contributed by atoms with van der Waals surface area (Å²) in [6.07, 6.45) is 6.19. The van der Waals surface area contributed by atoms with E-state index in [9.17, 15) is 14.7 Å². The number of benzene rings is 2. The van der Waals surface area contributed by atoms with Crippen LogP contribution in [-0.4, -0.2) is 46.3 Å². The van der Waals surface area contributed by atoms with Crippen molar-refractivity contribution >= 4 is 28.8 Å². The Hall–Kier alpha value is -4.07. The van der Waals surface area contributed by atoms with E-state index >= 15 is 0 Å². The smallest absolute Gasteiger partial charge is 0.341 e. The second-order valence-corrected chi connectivity index (χ2v) is 10.0. The van der Waals surface area contributed by atoms with Gasteiger partial charge in [-0.1, -0.05) is 12.1 Å². The van der Waals surface area contributed by atoms with Crippen LogP contribution < -0.4 is 15.2 Å². The van der Waals surface area contributed by atoms with E-state index in [0.717, 1.165) is 42.3 Å². The van der Waals surface area contributed by atoms with Gasteiger partial charge in [0.05, 0.1) is 5.69 Å². The molecular formula is C28H26N4O4. The first kappa shape index (κ1) is 21.2. The first-order chi connectivity index (χ1) is 17.5. The predicted octanol–water partition coefficient (Wildman–Crippen LogP) is 4.54. The fourth-order valence-corrected chi connectivity index (χ4v) is 5.75. The molecule has 0 bridgehead atoms. The SMILES string of the molecule is O=C(O)c1cn(-c2ccc3nc(N4CCC5CC54)oc3c2)c(-c2ccc(N3CCCC3)cc2)cc1=O. The number of fused-ring (bicyclic) bond motifs is 2. The van der Waals surface area contributed by atoms with Crippen LogP contribution >= 0.6 is 0 Å². The van der Waals surface area contributed by atoms with Crippen LogP contribution in [0.1, 0.15) is 36.0 Å². The van der Waals surface area contributed by atoms with Crippen molar-refractivity contribution in [1.82, 2.24) is 9.55 Å². The van der Waals surface area contributed by atoms with Gasteiger partial charge in [-0.3, -0.25) is 4.79 Å². The van der Waals surface area contributed by atoms with Crippen LogP contribution in [-0.2, 0) is 0 Å². The van der Waals surface area contributed by atoms with E-state index < -0.39 is 11.4 Å². The summed E-state index contributed by atoms with van der Waals surface area (Å²) >= 11 is 0. The minimum Gasteiger partial charge on any atom is -0.477 e. The zero-order valence-corrected chi connectivity index (χ0v) is 19.8. The molecule has 3 fully saturated rings. The van der Waals surface area contributed by atoms with Gasteiger partial charge in [-0.15, -0.1) is 0 Å².